The summed E-state index contributed by atoms with van der Waals surface area (Å²) >= 11 is 0. The van der Waals surface area contributed by atoms with E-state index in [1.807, 2.05) is 41.4 Å². The second-order valence-corrected chi connectivity index (χ2v) is 7.82. The van der Waals surface area contributed by atoms with Crippen LogP contribution in [0.15, 0.2) is 58.5 Å². The van der Waals surface area contributed by atoms with E-state index in [2.05, 4.69) is 5.10 Å². The predicted molar refractivity (Wildman–Crippen MR) is 95.7 cm³/mol. The van der Waals surface area contributed by atoms with Crippen molar-refractivity contribution in [3.05, 3.63) is 54.1 Å². The highest BCUT2D eigenvalue weighted by Crippen LogP contribution is 2.24. The molecule has 0 atom stereocenters. The van der Waals surface area contributed by atoms with Gasteiger partial charge in [0.05, 0.1) is 29.2 Å². The van der Waals surface area contributed by atoms with E-state index in [1.54, 1.807) is 26.2 Å². The minimum atomic E-state index is -3.17. The van der Waals surface area contributed by atoms with Gasteiger partial charge in [0.25, 0.3) is 0 Å². The van der Waals surface area contributed by atoms with Gasteiger partial charge in [-0.1, -0.05) is 6.92 Å². The first kappa shape index (κ1) is 16.5. The van der Waals surface area contributed by atoms with Crippen LogP contribution in [0.4, 0.5) is 5.69 Å². The summed E-state index contributed by atoms with van der Waals surface area (Å²) in [6, 6.07) is 14.8. The Hall–Kier alpha value is -2.34. The molecule has 2 aromatic carbocycles. The second-order valence-electron chi connectivity index (χ2n) is 5.55. The standard InChI is InChI=1S/C18H20N2O3S/c1-3-24(21,22)17-10-6-15(7-11-17)20-13-12-18(19-20)14-4-8-16(23-2)9-5-14/h4-11H,3,12-13H2,1-2H3. The van der Waals surface area contributed by atoms with Gasteiger partial charge in [-0.2, -0.15) is 5.10 Å². The Labute approximate surface area is 142 Å². The van der Waals surface area contributed by atoms with E-state index in [0.717, 1.165) is 35.7 Å². The molecule has 0 amide bonds. The fourth-order valence-electron chi connectivity index (χ4n) is 2.62. The Morgan fingerprint density at radius 2 is 1.75 bits per heavy atom. The molecule has 0 aliphatic carbocycles. The summed E-state index contributed by atoms with van der Waals surface area (Å²) in [6.45, 7) is 2.43. The van der Waals surface area contributed by atoms with E-state index in [1.165, 1.54) is 0 Å². The maximum atomic E-state index is 11.9. The summed E-state index contributed by atoms with van der Waals surface area (Å²) in [7, 11) is -1.52. The van der Waals surface area contributed by atoms with Crippen LogP contribution in [0.3, 0.4) is 0 Å². The van der Waals surface area contributed by atoms with E-state index in [9.17, 15) is 8.42 Å². The number of hydrogen-bond donors (Lipinski definition) is 0. The normalized spacial score (nSPS) is 14.6. The number of nitrogens with zero attached hydrogens (tertiary/aromatic N) is 2. The molecule has 0 radical (unpaired) electrons. The lowest BCUT2D eigenvalue weighted by Crippen LogP contribution is -2.12. The maximum absolute atomic E-state index is 11.9. The number of sulfone groups is 1. The van der Waals surface area contributed by atoms with Gasteiger partial charge in [-0.05, 0) is 54.1 Å². The molecule has 0 N–H and O–H groups in total. The molecule has 0 spiro atoms. The van der Waals surface area contributed by atoms with E-state index >= 15 is 0 Å². The third-order valence-electron chi connectivity index (χ3n) is 4.10. The largest absolute Gasteiger partial charge is 0.497 e. The smallest absolute Gasteiger partial charge is 0.178 e. The Morgan fingerprint density at radius 3 is 2.33 bits per heavy atom. The van der Waals surface area contributed by atoms with Gasteiger partial charge in [0.15, 0.2) is 9.84 Å². The lowest BCUT2D eigenvalue weighted by atomic mass is 10.1. The number of hydrazone groups is 1. The number of ether oxygens (including phenoxy) is 1. The molecule has 0 aromatic heterocycles. The third-order valence-corrected chi connectivity index (χ3v) is 5.85. The van der Waals surface area contributed by atoms with Crippen molar-refractivity contribution in [3.63, 3.8) is 0 Å². The summed E-state index contributed by atoms with van der Waals surface area (Å²) in [6.07, 6.45) is 0.849. The number of hydrogen-bond acceptors (Lipinski definition) is 5. The van der Waals surface area contributed by atoms with Crippen molar-refractivity contribution in [1.82, 2.24) is 0 Å². The van der Waals surface area contributed by atoms with E-state index < -0.39 is 9.84 Å². The monoisotopic (exact) mass is 344 g/mol. The SMILES string of the molecule is CCS(=O)(=O)c1ccc(N2CCC(c3ccc(OC)cc3)=N2)cc1. The predicted octanol–water partition coefficient (Wildman–Crippen LogP) is 3.10. The van der Waals surface area contributed by atoms with Crippen molar-refractivity contribution in [2.75, 3.05) is 24.4 Å². The Bertz CT molecular complexity index is 841. The lowest BCUT2D eigenvalue weighted by Gasteiger charge is -2.13. The maximum Gasteiger partial charge on any atom is 0.178 e. The van der Waals surface area contributed by atoms with Gasteiger partial charge in [-0.15, -0.1) is 0 Å². The molecule has 2 aromatic rings. The highest BCUT2D eigenvalue weighted by molar-refractivity contribution is 7.91. The van der Waals surface area contributed by atoms with Crippen molar-refractivity contribution in [1.29, 1.82) is 0 Å². The molecule has 0 saturated heterocycles. The number of benzene rings is 2. The van der Waals surface area contributed by atoms with Crippen molar-refractivity contribution in [2.24, 2.45) is 5.10 Å². The fourth-order valence-corrected chi connectivity index (χ4v) is 3.51. The summed E-state index contributed by atoms with van der Waals surface area (Å²) in [5.74, 6) is 0.928. The topological polar surface area (TPSA) is 59.0 Å². The van der Waals surface area contributed by atoms with Crippen molar-refractivity contribution < 1.29 is 13.2 Å². The molecule has 3 rings (SSSR count). The number of methoxy groups -OCH3 is 1. The van der Waals surface area contributed by atoms with Gasteiger partial charge in [0.2, 0.25) is 0 Å². The highest BCUT2D eigenvalue weighted by Gasteiger charge is 2.18. The van der Waals surface area contributed by atoms with Gasteiger partial charge in [-0.25, -0.2) is 8.42 Å². The van der Waals surface area contributed by atoms with E-state index in [0.29, 0.717) is 4.90 Å². The first-order chi connectivity index (χ1) is 11.5. The van der Waals surface area contributed by atoms with Crippen LogP contribution in [0.1, 0.15) is 18.9 Å². The Morgan fingerprint density at radius 1 is 1.08 bits per heavy atom. The average Bonchev–Trinajstić information content (AvgIpc) is 3.12. The fraction of sp³-hybridized carbons (Fsp3) is 0.278. The van der Waals surface area contributed by atoms with E-state index in [4.69, 9.17) is 4.74 Å². The van der Waals surface area contributed by atoms with Crippen LogP contribution in [0, 0.1) is 0 Å². The molecule has 5 nitrogen and oxygen atoms in total. The van der Waals surface area contributed by atoms with Crippen LogP contribution in [0.2, 0.25) is 0 Å². The molecule has 126 valence electrons. The zero-order valence-corrected chi connectivity index (χ0v) is 14.6. The number of anilines is 1. The molecular weight excluding hydrogens is 324 g/mol. The molecule has 1 aliphatic rings. The molecule has 1 aliphatic heterocycles. The van der Waals surface area contributed by atoms with Crippen LogP contribution >= 0.6 is 0 Å². The average molecular weight is 344 g/mol. The van der Waals surface area contributed by atoms with Crippen LogP contribution < -0.4 is 9.75 Å². The molecule has 1 heterocycles. The first-order valence-electron chi connectivity index (χ1n) is 7.86. The van der Waals surface area contributed by atoms with Gasteiger partial charge in [0.1, 0.15) is 5.75 Å². The summed E-state index contributed by atoms with van der Waals surface area (Å²) in [5, 5.41) is 6.56. The molecule has 0 fully saturated rings. The molecule has 0 bridgehead atoms. The van der Waals surface area contributed by atoms with Crippen LogP contribution in [-0.2, 0) is 9.84 Å². The second kappa shape index (κ2) is 6.65. The van der Waals surface area contributed by atoms with Crippen LogP contribution in [0.25, 0.3) is 0 Å². The minimum Gasteiger partial charge on any atom is -0.497 e. The summed E-state index contributed by atoms with van der Waals surface area (Å²) in [5.41, 5.74) is 2.99. The first-order valence-corrected chi connectivity index (χ1v) is 9.51. The quantitative estimate of drug-likeness (QED) is 0.836. The van der Waals surface area contributed by atoms with Gasteiger partial charge in [0, 0.05) is 13.0 Å². The summed E-state index contributed by atoms with van der Waals surface area (Å²) in [4.78, 5) is 0.354. The van der Waals surface area contributed by atoms with Gasteiger partial charge >= 0.3 is 0 Å². The van der Waals surface area contributed by atoms with Gasteiger partial charge < -0.3 is 4.74 Å². The summed E-state index contributed by atoms with van der Waals surface area (Å²) < 4.78 is 28.9. The highest BCUT2D eigenvalue weighted by atomic mass is 32.2. The molecule has 0 unspecified atom stereocenters. The molecular formula is C18H20N2O3S. The van der Waals surface area contributed by atoms with Crippen molar-refractivity contribution >= 4 is 21.2 Å². The minimum absolute atomic E-state index is 0.107. The molecule has 6 heteroatoms. The van der Waals surface area contributed by atoms with Crippen LogP contribution in [-0.4, -0.2) is 33.5 Å². The lowest BCUT2D eigenvalue weighted by molar-refractivity contribution is 0.415. The zero-order chi connectivity index (χ0) is 17.2. The van der Waals surface area contributed by atoms with E-state index in [-0.39, 0.29) is 5.75 Å². The Kier molecular flexibility index (Phi) is 4.57. The Balaban J connectivity index is 1.80. The zero-order valence-electron chi connectivity index (χ0n) is 13.8. The van der Waals surface area contributed by atoms with Crippen molar-refractivity contribution in [3.8, 4) is 5.75 Å². The molecule has 0 saturated carbocycles. The van der Waals surface area contributed by atoms with Crippen LogP contribution in [0.5, 0.6) is 5.75 Å². The number of rotatable bonds is 5. The van der Waals surface area contributed by atoms with Crippen molar-refractivity contribution in [2.45, 2.75) is 18.2 Å². The molecule has 24 heavy (non-hydrogen) atoms. The third kappa shape index (κ3) is 3.28. The van der Waals surface area contributed by atoms with Gasteiger partial charge in [-0.3, -0.25) is 5.01 Å².